The van der Waals surface area contributed by atoms with E-state index in [0.29, 0.717) is 0 Å². The summed E-state index contributed by atoms with van der Waals surface area (Å²) in [6, 6.07) is 0.534. The van der Waals surface area contributed by atoms with Gasteiger partial charge in [0.2, 0.25) is 11.8 Å². The lowest BCUT2D eigenvalue weighted by atomic mass is 9.83. The summed E-state index contributed by atoms with van der Waals surface area (Å²) in [6.45, 7) is 0. The summed E-state index contributed by atoms with van der Waals surface area (Å²) in [7, 11) is 0. The number of nitrogens with one attached hydrogen (secondary N) is 2. The lowest BCUT2D eigenvalue weighted by Crippen LogP contribution is -2.49. The number of carbonyl (C=O) groups excluding carboxylic acids is 2. The van der Waals surface area contributed by atoms with Crippen LogP contribution in [0.3, 0.4) is 0 Å². The molecule has 4 nitrogen and oxygen atoms in total. The third kappa shape index (κ3) is 3.15. The zero-order valence-corrected chi connectivity index (χ0v) is 12.2. The van der Waals surface area contributed by atoms with Crippen LogP contribution in [-0.2, 0) is 9.59 Å². The van der Waals surface area contributed by atoms with Crippen LogP contribution in [0, 0.1) is 11.8 Å². The lowest BCUT2D eigenvalue weighted by molar-refractivity contribution is -0.128. The van der Waals surface area contributed by atoms with Gasteiger partial charge in [-0.25, -0.2) is 0 Å². The van der Waals surface area contributed by atoms with Crippen LogP contribution in [0.5, 0.6) is 0 Å². The Kier molecular flexibility index (Phi) is 4.27. The molecule has 112 valence electrons. The molecular formula is C16H26N2O2. The van der Waals surface area contributed by atoms with Crippen LogP contribution in [0.25, 0.3) is 0 Å². The predicted octanol–water partition coefficient (Wildman–Crippen LogP) is 2.13. The van der Waals surface area contributed by atoms with Crippen LogP contribution in [-0.4, -0.2) is 23.9 Å². The van der Waals surface area contributed by atoms with Gasteiger partial charge in [0.15, 0.2) is 0 Å². The van der Waals surface area contributed by atoms with Gasteiger partial charge in [-0.15, -0.1) is 0 Å². The quantitative estimate of drug-likeness (QED) is 0.827. The maximum Gasteiger partial charge on any atom is 0.223 e. The maximum atomic E-state index is 12.0. The van der Waals surface area contributed by atoms with E-state index in [4.69, 9.17) is 0 Å². The Hall–Kier alpha value is -1.06. The number of hydrogen-bond donors (Lipinski definition) is 2. The van der Waals surface area contributed by atoms with E-state index in [1.165, 1.54) is 12.8 Å². The molecule has 2 unspecified atom stereocenters. The first-order chi connectivity index (χ1) is 9.72. The third-order valence-corrected chi connectivity index (χ3v) is 5.32. The largest absolute Gasteiger partial charge is 0.353 e. The summed E-state index contributed by atoms with van der Waals surface area (Å²) in [4.78, 5) is 24.0. The fraction of sp³-hybridized carbons (Fsp3) is 0.875. The molecule has 3 rings (SSSR count). The van der Waals surface area contributed by atoms with E-state index in [9.17, 15) is 9.59 Å². The average molecular weight is 278 g/mol. The smallest absolute Gasteiger partial charge is 0.223 e. The summed E-state index contributed by atoms with van der Waals surface area (Å²) in [5.41, 5.74) is 0. The highest BCUT2D eigenvalue weighted by Gasteiger charge is 2.31. The molecule has 3 aliphatic carbocycles. The second kappa shape index (κ2) is 6.15. The van der Waals surface area contributed by atoms with Crippen LogP contribution < -0.4 is 10.6 Å². The Balaban J connectivity index is 1.43. The van der Waals surface area contributed by atoms with Crippen molar-refractivity contribution in [2.45, 2.75) is 76.3 Å². The van der Waals surface area contributed by atoms with Crippen molar-refractivity contribution in [3.63, 3.8) is 0 Å². The molecule has 3 saturated carbocycles. The zero-order valence-electron chi connectivity index (χ0n) is 12.2. The van der Waals surface area contributed by atoms with E-state index in [1.807, 2.05) is 0 Å². The monoisotopic (exact) mass is 278 g/mol. The minimum Gasteiger partial charge on any atom is -0.353 e. The summed E-state index contributed by atoms with van der Waals surface area (Å²) >= 11 is 0. The third-order valence-electron chi connectivity index (χ3n) is 5.32. The van der Waals surface area contributed by atoms with Gasteiger partial charge in [0.25, 0.3) is 0 Å². The zero-order chi connectivity index (χ0) is 13.9. The minimum absolute atomic E-state index is 0.243. The molecule has 2 amide bonds. The molecule has 3 fully saturated rings. The average Bonchev–Trinajstić information content (AvgIpc) is 2.23. The van der Waals surface area contributed by atoms with Crippen LogP contribution in [0.4, 0.5) is 0 Å². The second-order valence-corrected chi connectivity index (χ2v) is 6.83. The summed E-state index contributed by atoms with van der Waals surface area (Å²) in [5, 5.41) is 6.38. The van der Waals surface area contributed by atoms with E-state index < -0.39 is 0 Å². The summed E-state index contributed by atoms with van der Waals surface area (Å²) < 4.78 is 0. The van der Waals surface area contributed by atoms with Crippen molar-refractivity contribution in [3.8, 4) is 0 Å². The Morgan fingerprint density at radius 3 is 1.40 bits per heavy atom. The van der Waals surface area contributed by atoms with Crippen LogP contribution >= 0.6 is 0 Å². The standard InChI is InChI=1S/C16H26N2O2/c19-15(11-4-1-5-11)17-13-8-3-9-14(10-13)18-16(20)12-6-2-7-12/h11-14H,1-10H2,(H,17,19)(H,18,20). The first-order valence-electron chi connectivity index (χ1n) is 8.33. The Morgan fingerprint density at radius 1 is 0.650 bits per heavy atom. The summed E-state index contributed by atoms with van der Waals surface area (Å²) in [6.07, 6.45) is 10.8. The normalized spacial score (nSPS) is 31.0. The molecule has 3 aliphatic rings. The van der Waals surface area contributed by atoms with Gasteiger partial charge >= 0.3 is 0 Å². The SMILES string of the molecule is O=C(NC1CCCC(NC(=O)C2CCC2)C1)C1CCC1. The van der Waals surface area contributed by atoms with Crippen LogP contribution in [0.15, 0.2) is 0 Å². The van der Waals surface area contributed by atoms with Gasteiger partial charge < -0.3 is 10.6 Å². The molecule has 0 aromatic carbocycles. The van der Waals surface area contributed by atoms with E-state index in [2.05, 4.69) is 10.6 Å². The molecular weight excluding hydrogens is 252 g/mol. The van der Waals surface area contributed by atoms with Gasteiger partial charge in [0.1, 0.15) is 0 Å². The highest BCUT2D eigenvalue weighted by molar-refractivity contribution is 5.80. The molecule has 0 aliphatic heterocycles. The predicted molar refractivity (Wildman–Crippen MR) is 77.0 cm³/mol. The molecule has 0 radical (unpaired) electrons. The lowest BCUT2D eigenvalue weighted by Gasteiger charge is -2.34. The fourth-order valence-electron chi connectivity index (χ4n) is 3.43. The van der Waals surface area contributed by atoms with Gasteiger partial charge in [-0.2, -0.15) is 0 Å². The molecule has 0 heterocycles. The molecule has 20 heavy (non-hydrogen) atoms. The molecule has 2 atom stereocenters. The Labute approximate surface area is 121 Å². The number of amides is 2. The van der Waals surface area contributed by atoms with Crippen molar-refractivity contribution >= 4 is 11.8 Å². The molecule has 0 spiro atoms. The Morgan fingerprint density at radius 2 is 1.05 bits per heavy atom. The van der Waals surface area contributed by atoms with Gasteiger partial charge in [-0.1, -0.05) is 12.8 Å². The minimum atomic E-state index is 0.243. The van der Waals surface area contributed by atoms with Crippen molar-refractivity contribution < 1.29 is 9.59 Å². The van der Waals surface area contributed by atoms with Gasteiger partial charge in [-0.05, 0) is 51.4 Å². The highest BCUT2D eigenvalue weighted by Crippen LogP contribution is 2.29. The molecule has 0 bridgehead atoms. The van der Waals surface area contributed by atoms with Crippen molar-refractivity contribution in [2.75, 3.05) is 0 Å². The van der Waals surface area contributed by atoms with Crippen molar-refractivity contribution in [1.82, 2.24) is 10.6 Å². The number of carbonyl (C=O) groups is 2. The molecule has 0 aromatic rings. The molecule has 4 heteroatoms. The topological polar surface area (TPSA) is 58.2 Å². The van der Waals surface area contributed by atoms with Gasteiger partial charge in [0.05, 0.1) is 0 Å². The van der Waals surface area contributed by atoms with E-state index in [1.54, 1.807) is 0 Å². The fourth-order valence-corrected chi connectivity index (χ4v) is 3.43. The Bertz CT molecular complexity index is 341. The van der Waals surface area contributed by atoms with Gasteiger partial charge in [-0.3, -0.25) is 9.59 Å². The van der Waals surface area contributed by atoms with Gasteiger partial charge in [0, 0.05) is 23.9 Å². The number of rotatable bonds is 4. The number of hydrogen-bond acceptors (Lipinski definition) is 2. The summed E-state index contributed by atoms with van der Waals surface area (Å²) in [5.74, 6) is 1.01. The van der Waals surface area contributed by atoms with Crippen molar-refractivity contribution in [3.05, 3.63) is 0 Å². The van der Waals surface area contributed by atoms with E-state index >= 15 is 0 Å². The van der Waals surface area contributed by atoms with Crippen molar-refractivity contribution in [2.24, 2.45) is 11.8 Å². The highest BCUT2D eigenvalue weighted by atomic mass is 16.2. The molecule has 2 N–H and O–H groups in total. The van der Waals surface area contributed by atoms with E-state index in [0.717, 1.165) is 51.4 Å². The first-order valence-corrected chi connectivity index (χ1v) is 8.33. The second-order valence-electron chi connectivity index (χ2n) is 6.83. The molecule has 0 aromatic heterocycles. The van der Waals surface area contributed by atoms with Crippen LogP contribution in [0.1, 0.15) is 64.2 Å². The maximum absolute atomic E-state index is 12.0. The van der Waals surface area contributed by atoms with Crippen molar-refractivity contribution in [1.29, 1.82) is 0 Å². The molecule has 0 saturated heterocycles. The van der Waals surface area contributed by atoms with Crippen LogP contribution in [0.2, 0.25) is 0 Å². The first kappa shape index (κ1) is 13.9. The van der Waals surface area contributed by atoms with E-state index in [-0.39, 0.29) is 35.7 Å².